The van der Waals surface area contributed by atoms with Gasteiger partial charge in [0.2, 0.25) is 11.4 Å². The summed E-state index contributed by atoms with van der Waals surface area (Å²) in [4.78, 5) is 15.7. The van der Waals surface area contributed by atoms with Crippen LogP contribution >= 0.6 is 0 Å². The molecule has 0 bridgehead atoms. The topological polar surface area (TPSA) is 70.2 Å². The van der Waals surface area contributed by atoms with Crippen molar-refractivity contribution in [1.29, 1.82) is 0 Å². The average Bonchev–Trinajstić information content (AvgIpc) is 3.05. The number of rotatable bonds is 4. The summed E-state index contributed by atoms with van der Waals surface area (Å²) < 4.78 is 11.8. The Morgan fingerprint density at radius 1 is 1.13 bits per heavy atom. The Hall–Kier alpha value is -3.15. The summed E-state index contributed by atoms with van der Waals surface area (Å²) in [5.74, 6) is 1.64. The molecule has 3 aromatic rings. The molecule has 2 aromatic heterocycles. The van der Waals surface area contributed by atoms with Gasteiger partial charge in [0.1, 0.15) is 5.75 Å². The fraction of sp³-hybridized carbons (Fsp3) is 0.118. The summed E-state index contributed by atoms with van der Waals surface area (Å²) in [6.45, 7) is 0. The molecule has 0 atom stereocenters. The third-order valence-electron chi connectivity index (χ3n) is 3.32. The largest absolute Gasteiger partial charge is 0.497 e. The molecule has 6 heteroatoms. The minimum absolute atomic E-state index is 0.0862. The van der Waals surface area contributed by atoms with E-state index in [1.165, 1.54) is 10.6 Å². The van der Waals surface area contributed by atoms with Crippen LogP contribution in [0.4, 0.5) is 0 Å². The summed E-state index contributed by atoms with van der Waals surface area (Å²) in [6.07, 6.45) is 5.28. The summed E-state index contributed by atoms with van der Waals surface area (Å²) in [7, 11) is 3.31. The van der Waals surface area contributed by atoms with Crippen molar-refractivity contribution >= 4 is 12.2 Å². The number of hydrogen-bond donors (Lipinski definition) is 0. The van der Waals surface area contributed by atoms with Crippen LogP contribution in [0.5, 0.6) is 5.75 Å². The van der Waals surface area contributed by atoms with E-state index in [-0.39, 0.29) is 5.56 Å². The first kappa shape index (κ1) is 14.8. The maximum Gasteiger partial charge on any atom is 0.250 e. The lowest BCUT2D eigenvalue weighted by molar-refractivity contribution is 0.411. The smallest absolute Gasteiger partial charge is 0.250 e. The molecule has 0 unspecified atom stereocenters. The van der Waals surface area contributed by atoms with Crippen LogP contribution in [0.1, 0.15) is 11.5 Å². The second kappa shape index (κ2) is 6.31. The van der Waals surface area contributed by atoms with E-state index in [4.69, 9.17) is 9.26 Å². The molecule has 0 aliphatic heterocycles. The van der Waals surface area contributed by atoms with Crippen molar-refractivity contribution in [3.8, 4) is 17.1 Å². The van der Waals surface area contributed by atoms with Crippen LogP contribution in [0, 0.1) is 0 Å². The molecule has 1 aromatic carbocycles. The van der Waals surface area contributed by atoms with Crippen LogP contribution in [-0.4, -0.2) is 21.8 Å². The molecule has 0 aliphatic rings. The van der Waals surface area contributed by atoms with Crippen molar-refractivity contribution in [2.45, 2.75) is 0 Å². The molecule has 0 aliphatic carbocycles. The molecule has 0 radical (unpaired) electrons. The van der Waals surface area contributed by atoms with Gasteiger partial charge in [-0.2, -0.15) is 4.98 Å². The normalized spacial score (nSPS) is 11.0. The predicted octanol–water partition coefficient (Wildman–Crippen LogP) is 2.61. The van der Waals surface area contributed by atoms with Crippen molar-refractivity contribution in [3.63, 3.8) is 0 Å². The zero-order chi connectivity index (χ0) is 16.2. The van der Waals surface area contributed by atoms with Crippen LogP contribution in [0.25, 0.3) is 23.5 Å². The first-order chi connectivity index (χ1) is 11.2. The highest BCUT2D eigenvalue weighted by Gasteiger charge is 2.07. The quantitative estimate of drug-likeness (QED) is 0.741. The highest BCUT2D eigenvalue weighted by molar-refractivity contribution is 5.67. The second-order valence-corrected chi connectivity index (χ2v) is 4.93. The summed E-state index contributed by atoms with van der Waals surface area (Å²) in [5.41, 5.74) is 1.63. The molecule has 0 spiro atoms. The van der Waals surface area contributed by atoms with E-state index in [2.05, 4.69) is 10.1 Å². The van der Waals surface area contributed by atoms with E-state index >= 15 is 0 Å². The minimum Gasteiger partial charge on any atom is -0.497 e. The predicted molar refractivity (Wildman–Crippen MR) is 86.9 cm³/mol. The maximum atomic E-state index is 11.4. The van der Waals surface area contributed by atoms with Crippen molar-refractivity contribution in [3.05, 3.63) is 64.4 Å². The number of pyridine rings is 1. The van der Waals surface area contributed by atoms with Crippen LogP contribution in [0.2, 0.25) is 0 Å². The van der Waals surface area contributed by atoms with Gasteiger partial charge in [0.05, 0.1) is 7.11 Å². The molecule has 3 rings (SSSR count). The van der Waals surface area contributed by atoms with Crippen molar-refractivity contribution in [2.75, 3.05) is 7.11 Å². The van der Waals surface area contributed by atoms with Gasteiger partial charge in [0.25, 0.3) is 5.89 Å². The number of nitrogens with zero attached hydrogens (tertiary/aromatic N) is 3. The van der Waals surface area contributed by atoms with Gasteiger partial charge in [0.15, 0.2) is 0 Å². The van der Waals surface area contributed by atoms with Crippen LogP contribution in [0.15, 0.2) is 51.9 Å². The standard InChI is InChI=1S/C17H15N3O3/c1-20-11-13(6-10-16(20)21)17-18-15(23-19-17)9-5-12-3-7-14(22-2)8-4-12/h3-11H,1-2H3/b9-5+. The summed E-state index contributed by atoms with van der Waals surface area (Å²) in [6, 6.07) is 10.8. The first-order valence-electron chi connectivity index (χ1n) is 6.98. The molecular formula is C17H15N3O3. The van der Waals surface area contributed by atoms with Gasteiger partial charge in [-0.15, -0.1) is 0 Å². The molecule has 2 heterocycles. The summed E-state index contributed by atoms with van der Waals surface area (Å²) >= 11 is 0. The van der Waals surface area contributed by atoms with Gasteiger partial charge in [-0.3, -0.25) is 4.79 Å². The molecule has 116 valence electrons. The molecule has 6 nitrogen and oxygen atoms in total. The molecule has 0 amide bonds. The van der Waals surface area contributed by atoms with Crippen LogP contribution < -0.4 is 10.3 Å². The third-order valence-corrected chi connectivity index (χ3v) is 3.32. The Morgan fingerprint density at radius 2 is 1.91 bits per heavy atom. The van der Waals surface area contributed by atoms with Gasteiger partial charge in [-0.1, -0.05) is 17.3 Å². The Balaban J connectivity index is 1.79. The van der Waals surface area contributed by atoms with Crippen LogP contribution in [-0.2, 0) is 7.05 Å². The molecule has 23 heavy (non-hydrogen) atoms. The lowest BCUT2D eigenvalue weighted by Gasteiger charge is -1.98. The van der Waals surface area contributed by atoms with Gasteiger partial charge >= 0.3 is 0 Å². The lowest BCUT2D eigenvalue weighted by atomic mass is 10.2. The lowest BCUT2D eigenvalue weighted by Crippen LogP contribution is -2.14. The second-order valence-electron chi connectivity index (χ2n) is 4.93. The van der Waals surface area contributed by atoms with Gasteiger partial charge in [0, 0.05) is 31.0 Å². The number of hydrogen-bond acceptors (Lipinski definition) is 5. The molecule has 0 saturated heterocycles. The van der Waals surface area contributed by atoms with Crippen molar-refractivity contribution < 1.29 is 9.26 Å². The Labute approximate surface area is 132 Å². The zero-order valence-corrected chi connectivity index (χ0v) is 12.8. The number of methoxy groups -OCH3 is 1. The van der Waals surface area contributed by atoms with Gasteiger partial charge in [-0.25, -0.2) is 0 Å². The van der Waals surface area contributed by atoms with E-state index in [0.717, 1.165) is 16.9 Å². The fourth-order valence-electron chi connectivity index (χ4n) is 2.03. The molecule has 0 saturated carbocycles. The highest BCUT2D eigenvalue weighted by Crippen LogP contribution is 2.16. The Kier molecular flexibility index (Phi) is 4.05. The third kappa shape index (κ3) is 3.37. The van der Waals surface area contributed by atoms with Gasteiger partial charge < -0.3 is 13.8 Å². The number of ether oxygens (including phenoxy) is 1. The van der Waals surface area contributed by atoms with E-state index < -0.39 is 0 Å². The van der Waals surface area contributed by atoms with Crippen molar-refractivity contribution in [1.82, 2.24) is 14.7 Å². The van der Waals surface area contributed by atoms with Crippen LogP contribution in [0.3, 0.4) is 0 Å². The number of aryl methyl sites for hydroxylation is 1. The first-order valence-corrected chi connectivity index (χ1v) is 6.98. The number of aromatic nitrogens is 3. The maximum absolute atomic E-state index is 11.4. The highest BCUT2D eigenvalue weighted by atomic mass is 16.5. The summed E-state index contributed by atoms with van der Waals surface area (Å²) in [5, 5.41) is 3.92. The van der Waals surface area contributed by atoms with E-state index in [1.54, 1.807) is 32.5 Å². The Morgan fingerprint density at radius 3 is 2.61 bits per heavy atom. The average molecular weight is 309 g/mol. The van der Waals surface area contributed by atoms with E-state index in [9.17, 15) is 4.79 Å². The zero-order valence-electron chi connectivity index (χ0n) is 12.8. The Bertz CT molecular complexity index is 892. The molecule has 0 N–H and O–H groups in total. The molecule has 0 fully saturated rings. The SMILES string of the molecule is COc1ccc(/C=C/c2nc(-c3ccc(=O)n(C)c3)no2)cc1. The van der Waals surface area contributed by atoms with E-state index in [1.807, 2.05) is 30.3 Å². The van der Waals surface area contributed by atoms with Gasteiger partial charge in [-0.05, 0) is 29.8 Å². The minimum atomic E-state index is -0.0862. The van der Waals surface area contributed by atoms with Crippen molar-refractivity contribution in [2.24, 2.45) is 7.05 Å². The van der Waals surface area contributed by atoms with E-state index in [0.29, 0.717) is 11.7 Å². The number of benzene rings is 1. The monoisotopic (exact) mass is 309 g/mol. The fourth-order valence-corrected chi connectivity index (χ4v) is 2.03. The molecular weight excluding hydrogens is 294 g/mol.